The third kappa shape index (κ3) is 3.68. The van der Waals surface area contributed by atoms with Crippen molar-refractivity contribution in [1.82, 2.24) is 4.98 Å². The van der Waals surface area contributed by atoms with Crippen LogP contribution >= 0.6 is 0 Å². The van der Waals surface area contributed by atoms with Crippen LogP contribution in [0.15, 0.2) is 18.3 Å². The first-order valence-corrected chi connectivity index (χ1v) is 6.19. The fourth-order valence-corrected chi connectivity index (χ4v) is 1.79. The lowest BCUT2D eigenvalue weighted by Gasteiger charge is -2.28. The van der Waals surface area contributed by atoms with Gasteiger partial charge in [0.25, 0.3) is 0 Å². The molecule has 17 heavy (non-hydrogen) atoms. The molecule has 0 bridgehead atoms. The molecule has 1 atom stereocenters. The standard InChI is InChI=1S/C13H23N3O/c1-4-12(14)13-6-5-11(9-15-13)16(7-8-17)10(2)3/h5-6,9-10,12,17H,4,7-8,14H2,1-3H3/t12-/m1/s1. The first-order chi connectivity index (χ1) is 8.10. The minimum atomic E-state index is 0.00870. The van der Waals surface area contributed by atoms with Crippen LogP contribution in [0.2, 0.25) is 0 Å². The molecule has 3 N–H and O–H groups in total. The Bertz CT molecular complexity index is 324. The highest BCUT2D eigenvalue weighted by Crippen LogP contribution is 2.18. The lowest BCUT2D eigenvalue weighted by Crippen LogP contribution is -2.33. The molecular formula is C13H23N3O. The minimum Gasteiger partial charge on any atom is -0.395 e. The van der Waals surface area contributed by atoms with E-state index in [1.807, 2.05) is 25.3 Å². The van der Waals surface area contributed by atoms with E-state index >= 15 is 0 Å². The Hall–Kier alpha value is -1.13. The van der Waals surface area contributed by atoms with Crippen molar-refractivity contribution in [3.8, 4) is 0 Å². The zero-order valence-corrected chi connectivity index (χ0v) is 10.9. The number of pyridine rings is 1. The summed E-state index contributed by atoms with van der Waals surface area (Å²) in [4.78, 5) is 6.51. The number of aliphatic hydroxyl groups is 1. The highest BCUT2D eigenvalue weighted by molar-refractivity contribution is 5.45. The molecule has 0 aliphatic carbocycles. The summed E-state index contributed by atoms with van der Waals surface area (Å²) in [6, 6.07) is 4.34. The molecule has 0 spiro atoms. The van der Waals surface area contributed by atoms with Crippen molar-refractivity contribution in [2.24, 2.45) is 5.73 Å². The van der Waals surface area contributed by atoms with Crippen LogP contribution in [0.3, 0.4) is 0 Å². The van der Waals surface area contributed by atoms with Crippen molar-refractivity contribution in [2.45, 2.75) is 39.3 Å². The lowest BCUT2D eigenvalue weighted by molar-refractivity contribution is 0.299. The summed E-state index contributed by atoms with van der Waals surface area (Å²) >= 11 is 0. The molecule has 1 aromatic heterocycles. The third-order valence-electron chi connectivity index (χ3n) is 2.89. The SMILES string of the molecule is CC[C@@H](N)c1ccc(N(CCO)C(C)C)cn1. The Balaban J connectivity index is 2.84. The Kier molecular flexibility index (Phi) is 5.38. The van der Waals surface area contributed by atoms with Crippen molar-refractivity contribution in [2.75, 3.05) is 18.1 Å². The van der Waals surface area contributed by atoms with Crippen molar-refractivity contribution < 1.29 is 5.11 Å². The fourth-order valence-electron chi connectivity index (χ4n) is 1.79. The summed E-state index contributed by atoms with van der Waals surface area (Å²) in [5, 5.41) is 9.05. The molecule has 0 fully saturated rings. The molecule has 0 aromatic carbocycles. The van der Waals surface area contributed by atoms with E-state index in [9.17, 15) is 0 Å². The smallest absolute Gasteiger partial charge is 0.0606 e. The van der Waals surface area contributed by atoms with Gasteiger partial charge in [0, 0.05) is 18.6 Å². The van der Waals surface area contributed by atoms with Gasteiger partial charge in [-0.05, 0) is 32.4 Å². The van der Waals surface area contributed by atoms with E-state index in [1.165, 1.54) is 0 Å². The van der Waals surface area contributed by atoms with Crippen LogP contribution in [0.1, 0.15) is 38.9 Å². The molecule has 0 saturated heterocycles. The van der Waals surface area contributed by atoms with Gasteiger partial charge >= 0.3 is 0 Å². The molecule has 4 nitrogen and oxygen atoms in total. The maximum atomic E-state index is 9.05. The number of aliphatic hydroxyl groups excluding tert-OH is 1. The first kappa shape index (κ1) is 13.9. The zero-order valence-electron chi connectivity index (χ0n) is 10.9. The number of nitrogens with two attached hydrogens (primary N) is 1. The zero-order chi connectivity index (χ0) is 12.8. The van der Waals surface area contributed by atoms with E-state index in [1.54, 1.807) is 0 Å². The quantitative estimate of drug-likeness (QED) is 0.790. The number of hydrogen-bond acceptors (Lipinski definition) is 4. The van der Waals surface area contributed by atoms with Crippen LogP contribution in [-0.4, -0.2) is 29.3 Å². The molecule has 4 heteroatoms. The largest absolute Gasteiger partial charge is 0.395 e. The molecule has 96 valence electrons. The van der Waals surface area contributed by atoms with Gasteiger partial charge in [-0.25, -0.2) is 0 Å². The first-order valence-electron chi connectivity index (χ1n) is 6.19. The summed E-state index contributed by atoms with van der Waals surface area (Å²) in [7, 11) is 0. The van der Waals surface area contributed by atoms with Gasteiger partial charge in [-0.2, -0.15) is 0 Å². The van der Waals surface area contributed by atoms with Crippen LogP contribution in [0.5, 0.6) is 0 Å². The Morgan fingerprint density at radius 3 is 2.53 bits per heavy atom. The van der Waals surface area contributed by atoms with Gasteiger partial charge in [0.15, 0.2) is 0 Å². The molecule has 1 heterocycles. The van der Waals surface area contributed by atoms with Crippen molar-refractivity contribution >= 4 is 5.69 Å². The predicted octanol–water partition coefficient (Wildman–Crippen LogP) is 1.70. The average Bonchev–Trinajstić information content (AvgIpc) is 2.35. The Morgan fingerprint density at radius 1 is 1.41 bits per heavy atom. The van der Waals surface area contributed by atoms with E-state index in [-0.39, 0.29) is 12.6 Å². The summed E-state index contributed by atoms with van der Waals surface area (Å²) in [6.45, 7) is 7.02. The molecular weight excluding hydrogens is 214 g/mol. The number of hydrogen-bond donors (Lipinski definition) is 2. The maximum absolute atomic E-state index is 9.05. The van der Waals surface area contributed by atoms with Gasteiger partial charge in [0.1, 0.15) is 0 Å². The molecule has 0 saturated carbocycles. The highest BCUT2D eigenvalue weighted by Gasteiger charge is 2.11. The third-order valence-corrected chi connectivity index (χ3v) is 2.89. The number of nitrogens with zero attached hydrogens (tertiary/aromatic N) is 2. The van der Waals surface area contributed by atoms with Crippen LogP contribution in [0, 0.1) is 0 Å². The van der Waals surface area contributed by atoms with Gasteiger partial charge in [-0.3, -0.25) is 4.98 Å². The molecule has 1 aromatic rings. The van der Waals surface area contributed by atoms with Gasteiger partial charge in [0.05, 0.1) is 24.2 Å². The van der Waals surface area contributed by atoms with E-state index < -0.39 is 0 Å². The van der Waals surface area contributed by atoms with Gasteiger partial charge in [0.2, 0.25) is 0 Å². The average molecular weight is 237 g/mol. The second-order valence-electron chi connectivity index (χ2n) is 4.47. The summed E-state index contributed by atoms with van der Waals surface area (Å²) < 4.78 is 0. The Labute approximate surface area is 103 Å². The number of anilines is 1. The topological polar surface area (TPSA) is 62.4 Å². The predicted molar refractivity (Wildman–Crippen MR) is 71.0 cm³/mol. The van der Waals surface area contributed by atoms with E-state index in [0.717, 1.165) is 17.8 Å². The van der Waals surface area contributed by atoms with E-state index in [4.69, 9.17) is 10.8 Å². The van der Waals surface area contributed by atoms with E-state index in [2.05, 4.69) is 23.7 Å². The maximum Gasteiger partial charge on any atom is 0.0606 e. The number of aromatic nitrogens is 1. The summed E-state index contributed by atoms with van der Waals surface area (Å²) in [5.74, 6) is 0. The summed E-state index contributed by atoms with van der Waals surface area (Å²) in [6.07, 6.45) is 2.72. The molecule has 0 aliphatic rings. The second kappa shape index (κ2) is 6.57. The lowest BCUT2D eigenvalue weighted by atomic mass is 10.1. The minimum absolute atomic E-state index is 0.00870. The monoisotopic (exact) mass is 237 g/mol. The van der Waals surface area contributed by atoms with Crippen molar-refractivity contribution in [3.05, 3.63) is 24.0 Å². The molecule has 0 unspecified atom stereocenters. The van der Waals surface area contributed by atoms with Crippen LogP contribution in [-0.2, 0) is 0 Å². The highest BCUT2D eigenvalue weighted by atomic mass is 16.3. The van der Waals surface area contributed by atoms with Crippen LogP contribution < -0.4 is 10.6 Å². The molecule has 0 amide bonds. The van der Waals surface area contributed by atoms with Gasteiger partial charge in [-0.1, -0.05) is 6.92 Å². The van der Waals surface area contributed by atoms with Crippen LogP contribution in [0.4, 0.5) is 5.69 Å². The van der Waals surface area contributed by atoms with Gasteiger partial charge in [-0.15, -0.1) is 0 Å². The van der Waals surface area contributed by atoms with Gasteiger partial charge < -0.3 is 15.7 Å². The molecule has 0 aliphatic heterocycles. The number of rotatable bonds is 6. The fraction of sp³-hybridized carbons (Fsp3) is 0.615. The molecule has 0 radical (unpaired) electrons. The van der Waals surface area contributed by atoms with Crippen molar-refractivity contribution in [1.29, 1.82) is 0 Å². The normalized spacial score (nSPS) is 12.8. The Morgan fingerprint density at radius 2 is 2.12 bits per heavy atom. The van der Waals surface area contributed by atoms with Crippen LogP contribution in [0.25, 0.3) is 0 Å². The molecule has 1 rings (SSSR count). The summed E-state index contributed by atoms with van der Waals surface area (Å²) in [5.41, 5.74) is 7.87. The van der Waals surface area contributed by atoms with E-state index in [0.29, 0.717) is 12.6 Å². The second-order valence-corrected chi connectivity index (χ2v) is 4.47. The van der Waals surface area contributed by atoms with Crippen molar-refractivity contribution in [3.63, 3.8) is 0 Å².